The van der Waals surface area contributed by atoms with Crippen molar-refractivity contribution in [1.82, 2.24) is 10.3 Å². The molecule has 0 amide bonds. The Labute approximate surface area is 126 Å². The molecular formula is C15H13ClN2OS. The van der Waals surface area contributed by atoms with Gasteiger partial charge in [-0.25, -0.2) is 0 Å². The van der Waals surface area contributed by atoms with Crippen LogP contribution < -0.4 is 5.32 Å². The fourth-order valence-corrected chi connectivity index (χ4v) is 3.15. The lowest BCUT2D eigenvalue weighted by atomic mass is 10.1. The molecule has 0 saturated heterocycles. The summed E-state index contributed by atoms with van der Waals surface area (Å²) in [6.07, 6.45) is 5.27. The maximum Gasteiger partial charge on any atom is 0.126 e. The van der Waals surface area contributed by atoms with Crippen molar-refractivity contribution in [2.45, 2.75) is 12.6 Å². The molecule has 0 bridgehead atoms. The van der Waals surface area contributed by atoms with E-state index in [-0.39, 0.29) is 6.04 Å². The maximum absolute atomic E-state index is 6.03. The molecule has 3 aromatic rings. The van der Waals surface area contributed by atoms with Gasteiger partial charge in [-0.15, -0.1) is 11.3 Å². The lowest BCUT2D eigenvalue weighted by Gasteiger charge is -2.15. The van der Waals surface area contributed by atoms with Crippen LogP contribution in [0.25, 0.3) is 0 Å². The predicted octanol–water partition coefficient (Wildman–Crippen LogP) is 4.27. The van der Waals surface area contributed by atoms with E-state index in [0.717, 1.165) is 21.5 Å². The minimum Gasteiger partial charge on any atom is -0.467 e. The second-order valence-electron chi connectivity index (χ2n) is 4.33. The Morgan fingerprint density at radius 2 is 2.05 bits per heavy atom. The third-order valence-corrected chi connectivity index (χ3v) is 4.26. The van der Waals surface area contributed by atoms with E-state index in [0.29, 0.717) is 0 Å². The largest absolute Gasteiger partial charge is 0.467 e. The van der Waals surface area contributed by atoms with Crippen LogP contribution in [0.15, 0.2) is 59.5 Å². The molecule has 0 saturated carbocycles. The molecule has 0 aromatic carbocycles. The van der Waals surface area contributed by atoms with Crippen LogP contribution in [0.5, 0.6) is 0 Å². The Bertz CT molecular complexity index is 652. The molecule has 3 rings (SSSR count). The van der Waals surface area contributed by atoms with Crippen molar-refractivity contribution in [1.29, 1.82) is 0 Å². The van der Waals surface area contributed by atoms with Gasteiger partial charge < -0.3 is 4.42 Å². The van der Waals surface area contributed by atoms with Gasteiger partial charge in [0.1, 0.15) is 11.8 Å². The number of thiophene rings is 1. The Morgan fingerprint density at radius 1 is 1.20 bits per heavy atom. The van der Waals surface area contributed by atoms with Gasteiger partial charge in [0.25, 0.3) is 0 Å². The standard InChI is InChI=1S/C15H13ClN2OS/c16-14-4-3-13(20-14)15(12-2-1-9-19-12)18-10-11-5-7-17-8-6-11/h1-9,15,18H,10H2. The van der Waals surface area contributed by atoms with E-state index in [1.54, 1.807) is 30.0 Å². The molecule has 0 spiro atoms. The van der Waals surface area contributed by atoms with Gasteiger partial charge in [0.05, 0.1) is 10.6 Å². The van der Waals surface area contributed by atoms with Crippen LogP contribution in [0.1, 0.15) is 22.2 Å². The number of furan rings is 1. The van der Waals surface area contributed by atoms with Crippen LogP contribution in [0.4, 0.5) is 0 Å². The molecule has 3 heterocycles. The molecule has 3 nitrogen and oxygen atoms in total. The average Bonchev–Trinajstić information content (AvgIpc) is 3.13. The van der Waals surface area contributed by atoms with Crippen LogP contribution in [0.3, 0.4) is 0 Å². The van der Waals surface area contributed by atoms with E-state index in [1.165, 1.54) is 5.56 Å². The summed E-state index contributed by atoms with van der Waals surface area (Å²) in [5, 5.41) is 3.50. The summed E-state index contributed by atoms with van der Waals surface area (Å²) >= 11 is 7.59. The predicted molar refractivity (Wildman–Crippen MR) is 81.0 cm³/mol. The molecule has 0 radical (unpaired) electrons. The summed E-state index contributed by atoms with van der Waals surface area (Å²) in [5.41, 5.74) is 1.18. The van der Waals surface area contributed by atoms with Crippen LogP contribution in [-0.2, 0) is 6.54 Å². The topological polar surface area (TPSA) is 38.1 Å². The average molecular weight is 305 g/mol. The lowest BCUT2D eigenvalue weighted by molar-refractivity contribution is 0.449. The Hall–Kier alpha value is -1.62. The zero-order valence-corrected chi connectivity index (χ0v) is 12.2. The Kier molecular flexibility index (Phi) is 4.16. The third-order valence-electron chi connectivity index (χ3n) is 2.97. The second kappa shape index (κ2) is 6.22. The van der Waals surface area contributed by atoms with Crippen molar-refractivity contribution in [2.24, 2.45) is 0 Å². The van der Waals surface area contributed by atoms with Gasteiger partial charge in [-0.3, -0.25) is 10.3 Å². The molecule has 1 N–H and O–H groups in total. The van der Waals surface area contributed by atoms with Crippen LogP contribution in [0.2, 0.25) is 4.34 Å². The SMILES string of the molecule is Clc1ccc(C(NCc2ccncc2)c2ccco2)s1. The van der Waals surface area contributed by atoms with Gasteiger partial charge in [-0.1, -0.05) is 11.6 Å². The number of nitrogens with one attached hydrogen (secondary N) is 1. The van der Waals surface area contributed by atoms with Gasteiger partial charge in [0.15, 0.2) is 0 Å². The first-order chi connectivity index (χ1) is 9.83. The van der Waals surface area contributed by atoms with Crippen molar-refractivity contribution < 1.29 is 4.42 Å². The summed E-state index contributed by atoms with van der Waals surface area (Å²) in [5.74, 6) is 0.887. The highest BCUT2D eigenvalue weighted by molar-refractivity contribution is 7.16. The second-order valence-corrected chi connectivity index (χ2v) is 6.07. The highest BCUT2D eigenvalue weighted by Crippen LogP contribution is 2.31. The van der Waals surface area contributed by atoms with E-state index in [1.807, 2.05) is 36.4 Å². The van der Waals surface area contributed by atoms with Gasteiger partial charge in [-0.2, -0.15) is 0 Å². The zero-order valence-electron chi connectivity index (χ0n) is 10.6. The van der Waals surface area contributed by atoms with Crippen molar-refractivity contribution >= 4 is 22.9 Å². The normalized spacial score (nSPS) is 12.4. The number of nitrogens with zero attached hydrogens (tertiary/aromatic N) is 1. The van der Waals surface area contributed by atoms with E-state index in [2.05, 4.69) is 10.3 Å². The van der Waals surface area contributed by atoms with Crippen molar-refractivity contribution in [3.63, 3.8) is 0 Å². The van der Waals surface area contributed by atoms with Crippen LogP contribution >= 0.6 is 22.9 Å². The molecule has 3 aromatic heterocycles. The molecule has 102 valence electrons. The first kappa shape index (κ1) is 13.4. The van der Waals surface area contributed by atoms with Crippen molar-refractivity contribution in [3.8, 4) is 0 Å². The number of hydrogen-bond donors (Lipinski definition) is 1. The Morgan fingerprint density at radius 3 is 2.70 bits per heavy atom. The summed E-state index contributed by atoms with van der Waals surface area (Å²) in [4.78, 5) is 5.16. The van der Waals surface area contributed by atoms with E-state index >= 15 is 0 Å². The summed E-state index contributed by atoms with van der Waals surface area (Å²) in [6.45, 7) is 0.739. The van der Waals surface area contributed by atoms with Gasteiger partial charge in [-0.05, 0) is 42.0 Å². The maximum atomic E-state index is 6.03. The minimum atomic E-state index is 0.00988. The fourth-order valence-electron chi connectivity index (χ4n) is 2.00. The zero-order chi connectivity index (χ0) is 13.8. The molecular weight excluding hydrogens is 292 g/mol. The van der Waals surface area contributed by atoms with E-state index in [9.17, 15) is 0 Å². The quantitative estimate of drug-likeness (QED) is 0.765. The monoisotopic (exact) mass is 304 g/mol. The molecule has 0 aliphatic rings. The molecule has 5 heteroatoms. The molecule has 0 aliphatic carbocycles. The first-order valence-corrected chi connectivity index (χ1v) is 7.43. The smallest absolute Gasteiger partial charge is 0.126 e. The van der Waals surface area contributed by atoms with Crippen LogP contribution in [-0.4, -0.2) is 4.98 Å². The molecule has 0 aliphatic heterocycles. The number of aromatic nitrogens is 1. The fraction of sp³-hybridized carbons (Fsp3) is 0.133. The third kappa shape index (κ3) is 3.10. The van der Waals surface area contributed by atoms with Gasteiger partial charge in [0, 0.05) is 23.8 Å². The highest BCUT2D eigenvalue weighted by Gasteiger charge is 2.18. The Balaban J connectivity index is 1.80. The minimum absolute atomic E-state index is 0.00988. The molecule has 0 fully saturated rings. The molecule has 1 unspecified atom stereocenters. The number of halogens is 1. The van der Waals surface area contributed by atoms with E-state index in [4.69, 9.17) is 16.0 Å². The summed E-state index contributed by atoms with van der Waals surface area (Å²) < 4.78 is 6.32. The lowest BCUT2D eigenvalue weighted by Crippen LogP contribution is -2.20. The molecule has 1 atom stereocenters. The van der Waals surface area contributed by atoms with Crippen molar-refractivity contribution in [3.05, 3.63) is 75.6 Å². The first-order valence-electron chi connectivity index (χ1n) is 6.24. The number of pyridine rings is 1. The van der Waals surface area contributed by atoms with Gasteiger partial charge >= 0.3 is 0 Å². The highest BCUT2D eigenvalue weighted by atomic mass is 35.5. The molecule has 20 heavy (non-hydrogen) atoms. The summed E-state index contributed by atoms with van der Waals surface area (Å²) in [7, 11) is 0. The van der Waals surface area contributed by atoms with Crippen molar-refractivity contribution in [2.75, 3.05) is 0 Å². The number of hydrogen-bond acceptors (Lipinski definition) is 4. The van der Waals surface area contributed by atoms with Crippen LogP contribution in [0, 0.1) is 0 Å². The van der Waals surface area contributed by atoms with E-state index < -0.39 is 0 Å². The number of rotatable bonds is 5. The van der Waals surface area contributed by atoms with Gasteiger partial charge in [0.2, 0.25) is 0 Å². The summed E-state index contributed by atoms with van der Waals surface area (Å²) in [6, 6.07) is 11.8.